The van der Waals surface area contributed by atoms with E-state index < -0.39 is 18.0 Å². The third kappa shape index (κ3) is 3.63. The molecule has 0 aliphatic carbocycles. The third-order valence-electron chi connectivity index (χ3n) is 4.41. The number of primary amides is 2. The van der Waals surface area contributed by atoms with Gasteiger partial charge in [-0.3, -0.25) is 14.3 Å². The topological polar surface area (TPSA) is 143 Å². The molecule has 1 aromatic carbocycles. The molecule has 0 bridgehead atoms. The van der Waals surface area contributed by atoms with Gasteiger partial charge in [0.2, 0.25) is 0 Å². The lowest BCUT2D eigenvalue weighted by Crippen LogP contribution is -2.52. The standard InChI is InChI=1S/C18H18ClN7O2/c1-10(26-15(16(21)27)8-23-18(26)17(22)28)9-25-5-4-14(24-25)11-2-3-12(7-20)13(19)6-11/h2-6,8,10,18,23H,9H2,1H3,(H2,21,27)(H2,22,28). The predicted molar refractivity (Wildman–Crippen MR) is 102 cm³/mol. The Kier molecular flexibility index (Phi) is 5.24. The maximum Gasteiger partial charge on any atom is 0.266 e. The Hall–Kier alpha value is -3.51. The fourth-order valence-corrected chi connectivity index (χ4v) is 3.33. The summed E-state index contributed by atoms with van der Waals surface area (Å²) in [7, 11) is 0. The molecule has 1 aliphatic rings. The quantitative estimate of drug-likeness (QED) is 0.645. The lowest BCUT2D eigenvalue weighted by Gasteiger charge is -2.32. The summed E-state index contributed by atoms with van der Waals surface area (Å²) in [5.41, 5.74) is 12.8. The minimum Gasteiger partial charge on any atom is -0.366 e. The Morgan fingerprint density at radius 1 is 1.39 bits per heavy atom. The molecule has 28 heavy (non-hydrogen) atoms. The van der Waals surface area contributed by atoms with Crippen molar-refractivity contribution in [2.24, 2.45) is 11.5 Å². The zero-order chi connectivity index (χ0) is 20.4. The predicted octanol–water partition coefficient (Wildman–Crippen LogP) is 0.507. The average Bonchev–Trinajstić information content (AvgIpc) is 3.28. The number of amides is 2. The van der Waals surface area contributed by atoms with Crippen LogP contribution in [0.15, 0.2) is 42.4 Å². The Balaban J connectivity index is 1.80. The average molecular weight is 400 g/mol. The van der Waals surface area contributed by atoms with E-state index in [0.29, 0.717) is 22.8 Å². The number of nitrogens with two attached hydrogens (primary N) is 2. The maximum absolute atomic E-state index is 11.7. The lowest BCUT2D eigenvalue weighted by atomic mass is 10.1. The number of carbonyl (C=O) groups is 2. The summed E-state index contributed by atoms with van der Waals surface area (Å²) in [4.78, 5) is 24.9. The molecule has 0 fully saturated rings. The first kappa shape index (κ1) is 19.3. The number of nitrogens with one attached hydrogen (secondary N) is 1. The minimum absolute atomic E-state index is 0.183. The highest BCUT2D eigenvalue weighted by Crippen LogP contribution is 2.25. The highest BCUT2D eigenvalue weighted by molar-refractivity contribution is 6.32. The lowest BCUT2D eigenvalue weighted by molar-refractivity contribution is -0.124. The summed E-state index contributed by atoms with van der Waals surface area (Å²) in [5, 5.41) is 16.6. The fourth-order valence-electron chi connectivity index (χ4n) is 3.10. The Morgan fingerprint density at radius 2 is 2.14 bits per heavy atom. The van der Waals surface area contributed by atoms with Gasteiger partial charge in [0.25, 0.3) is 11.8 Å². The molecule has 1 aliphatic heterocycles. The van der Waals surface area contributed by atoms with Gasteiger partial charge >= 0.3 is 0 Å². The van der Waals surface area contributed by atoms with Crippen LogP contribution in [0.25, 0.3) is 11.3 Å². The van der Waals surface area contributed by atoms with Gasteiger partial charge in [0.05, 0.1) is 22.8 Å². The molecule has 2 amide bonds. The monoisotopic (exact) mass is 399 g/mol. The summed E-state index contributed by atoms with van der Waals surface area (Å²) in [6, 6.07) is 8.60. The van der Waals surface area contributed by atoms with Crippen molar-refractivity contribution < 1.29 is 9.59 Å². The first-order valence-electron chi connectivity index (χ1n) is 8.39. The smallest absolute Gasteiger partial charge is 0.266 e. The summed E-state index contributed by atoms with van der Waals surface area (Å²) in [6.45, 7) is 2.21. The molecule has 2 heterocycles. The van der Waals surface area contributed by atoms with Crippen molar-refractivity contribution in [2.75, 3.05) is 0 Å². The van der Waals surface area contributed by atoms with Gasteiger partial charge in [-0.15, -0.1) is 0 Å². The number of carbonyl (C=O) groups excluding carboxylic acids is 2. The van der Waals surface area contributed by atoms with E-state index in [2.05, 4.69) is 10.4 Å². The molecule has 2 atom stereocenters. The molecular weight excluding hydrogens is 382 g/mol. The van der Waals surface area contributed by atoms with Crippen LogP contribution >= 0.6 is 11.6 Å². The normalized spacial score (nSPS) is 16.8. The molecule has 144 valence electrons. The number of halogens is 1. The van der Waals surface area contributed by atoms with Crippen LogP contribution in [0.1, 0.15) is 12.5 Å². The largest absolute Gasteiger partial charge is 0.366 e. The van der Waals surface area contributed by atoms with Crippen molar-refractivity contribution in [2.45, 2.75) is 25.7 Å². The highest BCUT2D eigenvalue weighted by atomic mass is 35.5. The molecule has 0 saturated heterocycles. The van der Waals surface area contributed by atoms with Crippen LogP contribution in [0.2, 0.25) is 5.02 Å². The van der Waals surface area contributed by atoms with Crippen molar-refractivity contribution in [1.82, 2.24) is 20.0 Å². The number of benzene rings is 1. The first-order chi connectivity index (χ1) is 13.3. The Labute approximate surface area is 166 Å². The number of rotatable bonds is 6. The summed E-state index contributed by atoms with van der Waals surface area (Å²) >= 11 is 6.08. The van der Waals surface area contributed by atoms with Crippen LogP contribution in [0.3, 0.4) is 0 Å². The van der Waals surface area contributed by atoms with E-state index >= 15 is 0 Å². The van der Waals surface area contributed by atoms with Crippen LogP contribution in [0.4, 0.5) is 0 Å². The van der Waals surface area contributed by atoms with Gasteiger partial charge in [0, 0.05) is 24.0 Å². The van der Waals surface area contributed by atoms with Crippen LogP contribution in [0, 0.1) is 11.3 Å². The van der Waals surface area contributed by atoms with E-state index in [0.717, 1.165) is 5.56 Å². The molecule has 2 unspecified atom stereocenters. The van der Waals surface area contributed by atoms with Gasteiger partial charge in [0.1, 0.15) is 11.8 Å². The number of nitrogens with zero attached hydrogens (tertiary/aromatic N) is 4. The highest BCUT2D eigenvalue weighted by Gasteiger charge is 2.36. The molecule has 5 N–H and O–H groups in total. The summed E-state index contributed by atoms with van der Waals surface area (Å²) in [6.07, 6.45) is 2.31. The van der Waals surface area contributed by atoms with Crippen molar-refractivity contribution in [1.29, 1.82) is 5.26 Å². The summed E-state index contributed by atoms with van der Waals surface area (Å²) < 4.78 is 1.68. The second kappa shape index (κ2) is 7.62. The van der Waals surface area contributed by atoms with Crippen LogP contribution < -0.4 is 16.8 Å². The minimum atomic E-state index is -0.857. The fraction of sp³-hybridized carbons (Fsp3) is 0.222. The van der Waals surface area contributed by atoms with E-state index in [9.17, 15) is 9.59 Å². The SMILES string of the molecule is CC(Cn1ccc(-c2ccc(C#N)c(Cl)c2)n1)N1C(C(N)=O)=CNC1C(N)=O. The Morgan fingerprint density at radius 3 is 2.75 bits per heavy atom. The van der Waals surface area contributed by atoms with Crippen molar-refractivity contribution in [3.05, 3.63) is 52.9 Å². The van der Waals surface area contributed by atoms with E-state index in [4.69, 9.17) is 28.3 Å². The molecule has 3 rings (SSSR count). The number of nitriles is 1. The molecule has 2 aromatic rings. The number of aromatic nitrogens is 2. The molecule has 0 spiro atoms. The van der Waals surface area contributed by atoms with Crippen LogP contribution in [-0.2, 0) is 16.1 Å². The van der Waals surface area contributed by atoms with Gasteiger partial charge in [-0.2, -0.15) is 10.4 Å². The van der Waals surface area contributed by atoms with Gasteiger partial charge in [0.15, 0.2) is 6.17 Å². The van der Waals surface area contributed by atoms with Gasteiger partial charge in [-0.1, -0.05) is 17.7 Å². The van der Waals surface area contributed by atoms with Gasteiger partial charge < -0.3 is 21.7 Å². The van der Waals surface area contributed by atoms with Gasteiger partial charge in [-0.25, -0.2) is 0 Å². The second-order valence-corrected chi connectivity index (χ2v) is 6.76. The van der Waals surface area contributed by atoms with Gasteiger partial charge in [-0.05, 0) is 25.1 Å². The second-order valence-electron chi connectivity index (χ2n) is 6.35. The van der Waals surface area contributed by atoms with Crippen LogP contribution in [0.5, 0.6) is 0 Å². The molecule has 0 saturated carbocycles. The maximum atomic E-state index is 11.7. The number of hydrogen-bond donors (Lipinski definition) is 3. The van der Waals surface area contributed by atoms with Crippen molar-refractivity contribution >= 4 is 23.4 Å². The van der Waals surface area contributed by atoms with Crippen molar-refractivity contribution in [3.8, 4) is 17.3 Å². The molecule has 0 radical (unpaired) electrons. The Bertz CT molecular complexity index is 1010. The number of hydrogen-bond acceptors (Lipinski definition) is 6. The van der Waals surface area contributed by atoms with E-state index in [1.54, 1.807) is 34.0 Å². The van der Waals surface area contributed by atoms with E-state index in [1.165, 1.54) is 6.20 Å². The van der Waals surface area contributed by atoms with E-state index in [1.807, 2.05) is 19.1 Å². The van der Waals surface area contributed by atoms with Crippen LogP contribution in [-0.4, -0.2) is 38.7 Å². The van der Waals surface area contributed by atoms with Crippen molar-refractivity contribution in [3.63, 3.8) is 0 Å². The zero-order valence-corrected chi connectivity index (χ0v) is 15.7. The molecule has 10 heteroatoms. The first-order valence-corrected chi connectivity index (χ1v) is 8.76. The van der Waals surface area contributed by atoms with E-state index in [-0.39, 0.29) is 11.7 Å². The zero-order valence-electron chi connectivity index (χ0n) is 15.0. The third-order valence-corrected chi connectivity index (χ3v) is 4.72. The molecule has 1 aromatic heterocycles. The molecule has 9 nitrogen and oxygen atoms in total. The summed E-state index contributed by atoms with van der Waals surface area (Å²) in [5.74, 6) is -1.27. The molecular formula is C18H18ClN7O2.